The smallest absolute Gasteiger partial charge is 0.252 e. The average Bonchev–Trinajstić information content (AvgIpc) is 2.54. The summed E-state index contributed by atoms with van der Waals surface area (Å²) < 4.78 is 15.8. The van der Waals surface area contributed by atoms with E-state index in [9.17, 15) is 4.79 Å². The van der Waals surface area contributed by atoms with Crippen LogP contribution in [0.4, 0.5) is 4.11 Å². The van der Waals surface area contributed by atoms with Gasteiger partial charge in [-0.15, -0.1) is 6.58 Å². The lowest BCUT2D eigenvalue weighted by atomic mass is 9.85. The van der Waals surface area contributed by atoms with Gasteiger partial charge in [0.05, 0.1) is 0 Å². The molecule has 0 bridgehead atoms. The lowest BCUT2D eigenvalue weighted by molar-refractivity contribution is -0.117. The Hall–Kier alpha value is -1.22. The molecule has 0 fully saturated rings. The fourth-order valence-electron chi connectivity index (χ4n) is 3.89. The molecule has 2 unspecified atom stereocenters. The van der Waals surface area contributed by atoms with Gasteiger partial charge < -0.3 is 8.90 Å². The monoisotopic (exact) mass is 362 g/mol. The number of Topliss-reactive ketones (excluding diaryl/α,β-unsaturated/α-hetero) is 1. The molecule has 1 aromatic carbocycles. The lowest BCUT2D eigenvalue weighted by Crippen LogP contribution is -2.38. The van der Waals surface area contributed by atoms with Crippen molar-refractivity contribution < 1.29 is 8.90 Å². The van der Waals surface area contributed by atoms with Gasteiger partial charge in [-0.25, -0.2) is 0 Å². The van der Waals surface area contributed by atoms with E-state index >= 15 is 4.11 Å². The Bertz CT molecular complexity index is 530. The summed E-state index contributed by atoms with van der Waals surface area (Å²) in [4.78, 5) is 11.8. The first-order valence-corrected chi connectivity index (χ1v) is 11.8. The number of halogens is 1. The number of hydrogen-bond donors (Lipinski definition) is 0. The molecule has 25 heavy (non-hydrogen) atoms. The van der Waals surface area contributed by atoms with Crippen molar-refractivity contribution in [3.05, 3.63) is 48.6 Å². The first kappa shape index (κ1) is 21.8. The van der Waals surface area contributed by atoms with Crippen LogP contribution in [0.1, 0.15) is 65.4 Å². The van der Waals surface area contributed by atoms with Crippen LogP contribution in [0, 0.1) is 5.92 Å². The van der Waals surface area contributed by atoms with E-state index in [4.69, 9.17) is 0 Å². The third-order valence-corrected chi connectivity index (χ3v) is 10.5. The second-order valence-electron chi connectivity index (χ2n) is 8.08. The van der Waals surface area contributed by atoms with Crippen molar-refractivity contribution >= 4 is 14.2 Å². The maximum atomic E-state index is 15.8. The van der Waals surface area contributed by atoms with Crippen LogP contribution >= 0.6 is 0 Å². The summed E-state index contributed by atoms with van der Waals surface area (Å²) in [6, 6.07) is 10.9. The Labute approximate surface area is 154 Å². The Balaban J connectivity index is 3.02. The summed E-state index contributed by atoms with van der Waals surface area (Å²) in [5.74, 6) is 0.618. The zero-order valence-corrected chi connectivity index (χ0v) is 17.6. The van der Waals surface area contributed by atoms with Crippen molar-refractivity contribution in [3.63, 3.8) is 0 Å². The molecule has 0 saturated heterocycles. The second kappa shape index (κ2) is 10.1. The SMILES string of the molecule is C=CCC(CC(CC(C)=O)c1ccccc1)C[Si](F)(C(C)C)C(C)C. The fraction of sp³-hybridized carbons (Fsp3) is 0.591. The number of allylic oxidation sites excluding steroid dienone is 1. The van der Waals surface area contributed by atoms with Gasteiger partial charge in [0.15, 0.2) is 0 Å². The third-order valence-electron chi connectivity index (χ3n) is 5.44. The van der Waals surface area contributed by atoms with Gasteiger partial charge in [0, 0.05) is 6.42 Å². The predicted octanol–water partition coefficient (Wildman–Crippen LogP) is 7.07. The van der Waals surface area contributed by atoms with E-state index in [0.717, 1.165) is 12.8 Å². The minimum atomic E-state index is -2.84. The van der Waals surface area contributed by atoms with Crippen molar-refractivity contribution in [2.75, 3.05) is 0 Å². The molecule has 1 nitrogen and oxygen atoms in total. The highest BCUT2D eigenvalue weighted by Gasteiger charge is 2.43. The Morgan fingerprint density at radius 3 is 2.16 bits per heavy atom. The number of benzene rings is 1. The van der Waals surface area contributed by atoms with Crippen LogP contribution in [-0.4, -0.2) is 14.2 Å². The molecule has 0 radical (unpaired) electrons. The molecule has 3 heteroatoms. The molecule has 0 aliphatic carbocycles. The normalized spacial score (nSPS) is 14.6. The van der Waals surface area contributed by atoms with E-state index in [1.165, 1.54) is 5.56 Å². The predicted molar refractivity (Wildman–Crippen MR) is 109 cm³/mol. The molecule has 1 rings (SSSR count). The Morgan fingerprint density at radius 1 is 1.16 bits per heavy atom. The number of ketones is 1. The van der Waals surface area contributed by atoms with Crippen LogP contribution < -0.4 is 0 Å². The number of rotatable bonds is 11. The number of carbonyl (C=O) groups is 1. The molecule has 0 heterocycles. The molecule has 0 N–H and O–H groups in total. The molecule has 2 atom stereocenters. The van der Waals surface area contributed by atoms with E-state index in [-0.39, 0.29) is 28.7 Å². The zero-order chi connectivity index (χ0) is 19.0. The second-order valence-corrected chi connectivity index (χ2v) is 12.7. The van der Waals surface area contributed by atoms with Gasteiger partial charge in [-0.2, -0.15) is 0 Å². The average molecular weight is 363 g/mol. The number of carbonyl (C=O) groups excluding carboxylic acids is 1. The van der Waals surface area contributed by atoms with Gasteiger partial charge >= 0.3 is 0 Å². The lowest BCUT2D eigenvalue weighted by Gasteiger charge is -2.34. The van der Waals surface area contributed by atoms with Crippen molar-refractivity contribution in [2.24, 2.45) is 5.92 Å². The van der Waals surface area contributed by atoms with Crippen LogP contribution in [-0.2, 0) is 4.79 Å². The van der Waals surface area contributed by atoms with Gasteiger partial charge in [0.1, 0.15) is 5.78 Å². The van der Waals surface area contributed by atoms with Crippen LogP contribution in [0.15, 0.2) is 43.0 Å². The largest absolute Gasteiger partial charge is 0.313 e. The van der Waals surface area contributed by atoms with E-state index < -0.39 is 8.41 Å². The van der Waals surface area contributed by atoms with Crippen molar-refractivity contribution in [1.82, 2.24) is 0 Å². The summed E-state index contributed by atoms with van der Waals surface area (Å²) in [7, 11) is -2.84. The van der Waals surface area contributed by atoms with E-state index in [1.807, 2.05) is 52.0 Å². The maximum Gasteiger partial charge on any atom is 0.252 e. The van der Waals surface area contributed by atoms with E-state index in [0.29, 0.717) is 12.5 Å². The topological polar surface area (TPSA) is 17.1 Å². The first-order valence-electron chi connectivity index (χ1n) is 9.54. The molecular formula is C22H35FOSi. The molecule has 0 saturated carbocycles. The summed E-state index contributed by atoms with van der Waals surface area (Å²) >= 11 is 0. The van der Waals surface area contributed by atoms with Crippen LogP contribution in [0.25, 0.3) is 0 Å². The van der Waals surface area contributed by atoms with Crippen molar-refractivity contribution in [1.29, 1.82) is 0 Å². The molecular weight excluding hydrogens is 327 g/mol. The third kappa shape index (κ3) is 6.54. The highest BCUT2D eigenvalue weighted by atomic mass is 28.4. The summed E-state index contributed by atoms with van der Waals surface area (Å²) in [5.41, 5.74) is 1.41. The fourth-order valence-corrected chi connectivity index (χ4v) is 7.39. The van der Waals surface area contributed by atoms with Crippen LogP contribution in [0.3, 0.4) is 0 Å². The first-order chi connectivity index (χ1) is 11.7. The molecule has 0 spiro atoms. The van der Waals surface area contributed by atoms with Crippen LogP contribution in [0.2, 0.25) is 17.1 Å². The maximum absolute atomic E-state index is 15.8. The highest BCUT2D eigenvalue weighted by molar-refractivity contribution is 6.75. The summed E-state index contributed by atoms with van der Waals surface area (Å²) in [5, 5.41) is 0. The Kier molecular flexibility index (Phi) is 8.77. The Morgan fingerprint density at radius 2 is 1.72 bits per heavy atom. The molecule has 1 aromatic rings. The zero-order valence-electron chi connectivity index (χ0n) is 16.6. The minimum absolute atomic E-state index is 0.114. The standard InChI is InChI=1S/C22H35FOSi/c1-7-11-20(16-25(23,17(2)3)18(4)5)15-22(14-19(6)24)21-12-9-8-10-13-21/h7-10,12-13,17-18,20,22H,1,11,14-16H2,2-6H3. The van der Waals surface area contributed by atoms with E-state index in [2.05, 4.69) is 18.7 Å². The summed E-state index contributed by atoms with van der Waals surface area (Å²) in [6.07, 6.45) is 4.12. The highest BCUT2D eigenvalue weighted by Crippen LogP contribution is 2.42. The number of hydrogen-bond acceptors (Lipinski definition) is 1. The molecule has 140 valence electrons. The van der Waals surface area contributed by atoms with Gasteiger partial charge in [-0.3, -0.25) is 0 Å². The van der Waals surface area contributed by atoms with Crippen LogP contribution in [0.5, 0.6) is 0 Å². The minimum Gasteiger partial charge on any atom is -0.313 e. The molecule has 0 aromatic heterocycles. The van der Waals surface area contributed by atoms with Crippen molar-refractivity contribution in [2.45, 2.75) is 76.9 Å². The molecule has 0 aliphatic rings. The van der Waals surface area contributed by atoms with E-state index in [1.54, 1.807) is 6.92 Å². The van der Waals surface area contributed by atoms with Gasteiger partial charge in [0.25, 0.3) is 8.41 Å². The van der Waals surface area contributed by atoms with Gasteiger partial charge in [-0.1, -0.05) is 64.1 Å². The van der Waals surface area contributed by atoms with Gasteiger partial charge in [-0.05, 0) is 54.3 Å². The summed E-state index contributed by atoms with van der Waals surface area (Å²) in [6.45, 7) is 13.7. The quantitative estimate of drug-likeness (QED) is 0.234. The molecule has 0 aliphatic heterocycles. The molecule has 0 amide bonds. The van der Waals surface area contributed by atoms with Crippen molar-refractivity contribution in [3.8, 4) is 0 Å². The van der Waals surface area contributed by atoms with Gasteiger partial charge in [0.2, 0.25) is 0 Å².